The van der Waals surface area contributed by atoms with E-state index in [9.17, 15) is 0 Å². The summed E-state index contributed by atoms with van der Waals surface area (Å²) in [5.74, 6) is 1.61. The molecule has 0 saturated heterocycles. The zero-order chi connectivity index (χ0) is 11.3. The van der Waals surface area contributed by atoms with Crippen molar-refractivity contribution < 1.29 is 0 Å². The highest BCUT2D eigenvalue weighted by Crippen LogP contribution is 2.13. The van der Waals surface area contributed by atoms with Crippen molar-refractivity contribution in [3.63, 3.8) is 0 Å². The Morgan fingerprint density at radius 2 is 1.33 bits per heavy atom. The molecule has 15 heavy (non-hydrogen) atoms. The molecule has 0 amide bonds. The Kier molecular flexibility index (Phi) is 5.00. The fourth-order valence-corrected chi connectivity index (χ4v) is 1.81. The first-order chi connectivity index (χ1) is 7.15. The van der Waals surface area contributed by atoms with Crippen LogP contribution in [0, 0.1) is 11.8 Å². The molecule has 1 aliphatic rings. The van der Waals surface area contributed by atoms with Crippen LogP contribution in [0.3, 0.4) is 0 Å². The Hall–Kier alpha value is -0.660. The Bertz CT molecular complexity index is 181. The van der Waals surface area contributed by atoms with Gasteiger partial charge in [-0.15, -0.1) is 0 Å². The van der Waals surface area contributed by atoms with Gasteiger partial charge in [-0.3, -0.25) is 0 Å². The molecule has 0 spiro atoms. The Labute approximate surface area is 94.9 Å². The van der Waals surface area contributed by atoms with E-state index in [-0.39, 0.29) is 0 Å². The molecule has 2 heteroatoms. The summed E-state index contributed by atoms with van der Waals surface area (Å²) in [5.41, 5.74) is 0. The van der Waals surface area contributed by atoms with Crippen molar-refractivity contribution >= 4 is 0 Å². The Balaban J connectivity index is 2.25. The fourth-order valence-electron chi connectivity index (χ4n) is 1.81. The van der Waals surface area contributed by atoms with E-state index < -0.39 is 0 Å². The molecule has 0 unspecified atom stereocenters. The van der Waals surface area contributed by atoms with Gasteiger partial charge >= 0.3 is 0 Å². The highest BCUT2D eigenvalue weighted by Gasteiger charge is 2.15. The molecule has 0 N–H and O–H groups in total. The zero-order valence-electron chi connectivity index (χ0n) is 10.7. The third-order valence-corrected chi connectivity index (χ3v) is 3.34. The summed E-state index contributed by atoms with van der Waals surface area (Å²) in [6, 6.07) is 0. The van der Waals surface area contributed by atoms with Crippen molar-refractivity contribution in [2.75, 3.05) is 19.8 Å². The minimum atomic E-state index is 0.804. The van der Waals surface area contributed by atoms with Crippen molar-refractivity contribution in [1.82, 2.24) is 9.80 Å². The van der Waals surface area contributed by atoms with E-state index in [4.69, 9.17) is 0 Å². The highest BCUT2D eigenvalue weighted by atomic mass is 15.3. The second kappa shape index (κ2) is 6.04. The SMILES string of the molecule is CC[C@H](C)CN1C=CN(C[C@@H](C)CC)C1. The maximum Gasteiger partial charge on any atom is 0.0893 e. The molecule has 1 aliphatic heterocycles. The minimum absolute atomic E-state index is 0.804. The van der Waals surface area contributed by atoms with Gasteiger partial charge in [0.25, 0.3) is 0 Å². The molecule has 0 bridgehead atoms. The normalized spacial score (nSPS) is 19.7. The van der Waals surface area contributed by atoms with Crippen LogP contribution in [-0.4, -0.2) is 29.6 Å². The van der Waals surface area contributed by atoms with Gasteiger partial charge in [0.2, 0.25) is 0 Å². The molecule has 2 nitrogen and oxygen atoms in total. The van der Waals surface area contributed by atoms with Crippen LogP contribution in [0.5, 0.6) is 0 Å². The summed E-state index contributed by atoms with van der Waals surface area (Å²) < 4.78 is 0. The molecule has 0 aliphatic carbocycles. The Morgan fingerprint density at radius 3 is 1.67 bits per heavy atom. The molecule has 0 saturated carbocycles. The maximum absolute atomic E-state index is 2.43. The van der Waals surface area contributed by atoms with Crippen LogP contribution in [0.25, 0.3) is 0 Å². The molecule has 0 aromatic carbocycles. The van der Waals surface area contributed by atoms with Crippen molar-refractivity contribution in [3.8, 4) is 0 Å². The van der Waals surface area contributed by atoms with E-state index in [1.54, 1.807) is 0 Å². The fraction of sp³-hybridized carbons (Fsp3) is 0.846. The first kappa shape index (κ1) is 12.4. The second-order valence-electron chi connectivity index (χ2n) is 5.01. The van der Waals surface area contributed by atoms with Gasteiger partial charge in [-0.1, -0.05) is 40.5 Å². The first-order valence-corrected chi connectivity index (χ1v) is 6.32. The quantitative estimate of drug-likeness (QED) is 0.664. The van der Waals surface area contributed by atoms with Crippen molar-refractivity contribution in [3.05, 3.63) is 12.4 Å². The molecule has 88 valence electrons. The number of rotatable bonds is 6. The largest absolute Gasteiger partial charge is 0.358 e. The van der Waals surface area contributed by atoms with Crippen molar-refractivity contribution in [1.29, 1.82) is 0 Å². The van der Waals surface area contributed by atoms with Crippen LogP contribution < -0.4 is 0 Å². The molecule has 0 aromatic rings. The van der Waals surface area contributed by atoms with E-state index in [1.165, 1.54) is 25.9 Å². The van der Waals surface area contributed by atoms with Gasteiger partial charge in [-0.2, -0.15) is 0 Å². The summed E-state index contributed by atoms with van der Waals surface area (Å²) >= 11 is 0. The number of hydrogen-bond acceptors (Lipinski definition) is 2. The summed E-state index contributed by atoms with van der Waals surface area (Å²) in [7, 11) is 0. The smallest absolute Gasteiger partial charge is 0.0893 e. The van der Waals surface area contributed by atoms with Crippen LogP contribution >= 0.6 is 0 Å². The van der Waals surface area contributed by atoms with Crippen molar-refractivity contribution in [2.45, 2.75) is 40.5 Å². The van der Waals surface area contributed by atoms with Gasteiger partial charge in [0, 0.05) is 25.5 Å². The van der Waals surface area contributed by atoms with Crippen molar-refractivity contribution in [2.24, 2.45) is 11.8 Å². The molecule has 0 radical (unpaired) electrons. The summed E-state index contributed by atoms with van der Waals surface area (Å²) in [6.07, 6.45) is 7.04. The standard InChI is InChI=1S/C13H26N2/c1-5-12(3)9-14-7-8-15(11-14)10-13(4)6-2/h7-8,12-13H,5-6,9-11H2,1-4H3/t12-,13-/m0/s1. The monoisotopic (exact) mass is 210 g/mol. The van der Waals surface area contributed by atoms with Crippen LogP contribution in [0.15, 0.2) is 12.4 Å². The summed E-state index contributed by atoms with van der Waals surface area (Å²) in [4.78, 5) is 4.85. The van der Waals surface area contributed by atoms with Crippen LogP contribution in [0.1, 0.15) is 40.5 Å². The molecule has 2 atom stereocenters. The topological polar surface area (TPSA) is 6.48 Å². The van der Waals surface area contributed by atoms with Gasteiger partial charge in [-0.25, -0.2) is 0 Å². The number of nitrogens with zero attached hydrogens (tertiary/aromatic N) is 2. The van der Waals surface area contributed by atoms with Gasteiger partial charge in [-0.05, 0) is 11.8 Å². The lowest BCUT2D eigenvalue weighted by Crippen LogP contribution is -2.30. The predicted molar refractivity (Wildman–Crippen MR) is 66.3 cm³/mol. The minimum Gasteiger partial charge on any atom is -0.358 e. The lowest BCUT2D eigenvalue weighted by atomic mass is 10.1. The van der Waals surface area contributed by atoms with E-state index in [0.717, 1.165) is 18.5 Å². The van der Waals surface area contributed by atoms with Crippen LogP contribution in [0.2, 0.25) is 0 Å². The van der Waals surface area contributed by atoms with Gasteiger partial charge in [0.15, 0.2) is 0 Å². The van der Waals surface area contributed by atoms with Crippen LogP contribution in [-0.2, 0) is 0 Å². The molecule has 0 aromatic heterocycles. The lowest BCUT2D eigenvalue weighted by Gasteiger charge is -2.25. The summed E-state index contributed by atoms with van der Waals surface area (Å²) in [5, 5.41) is 0. The van der Waals surface area contributed by atoms with Crippen LogP contribution in [0.4, 0.5) is 0 Å². The highest BCUT2D eigenvalue weighted by molar-refractivity contribution is 4.91. The van der Waals surface area contributed by atoms with Gasteiger partial charge in [0.05, 0.1) is 6.67 Å². The molecule has 1 heterocycles. The Morgan fingerprint density at radius 1 is 0.933 bits per heavy atom. The molecule has 1 rings (SSSR count). The zero-order valence-corrected chi connectivity index (χ0v) is 10.7. The van der Waals surface area contributed by atoms with E-state index in [1.807, 2.05) is 0 Å². The van der Waals surface area contributed by atoms with Gasteiger partial charge in [0.1, 0.15) is 0 Å². The molecule has 0 fully saturated rings. The first-order valence-electron chi connectivity index (χ1n) is 6.32. The second-order valence-corrected chi connectivity index (χ2v) is 5.01. The molecular formula is C13H26N2. The van der Waals surface area contributed by atoms with E-state index in [2.05, 4.69) is 49.9 Å². The number of hydrogen-bond donors (Lipinski definition) is 0. The lowest BCUT2D eigenvalue weighted by molar-refractivity contribution is 0.220. The average molecular weight is 210 g/mol. The predicted octanol–water partition coefficient (Wildman–Crippen LogP) is 3.12. The third-order valence-electron chi connectivity index (χ3n) is 3.34. The summed E-state index contributed by atoms with van der Waals surface area (Å²) in [6.45, 7) is 12.7. The van der Waals surface area contributed by atoms with E-state index in [0.29, 0.717) is 0 Å². The molecular weight excluding hydrogens is 184 g/mol. The van der Waals surface area contributed by atoms with Gasteiger partial charge < -0.3 is 9.80 Å². The maximum atomic E-state index is 2.43. The van der Waals surface area contributed by atoms with E-state index >= 15 is 0 Å². The third kappa shape index (κ3) is 4.15. The average Bonchev–Trinajstić information content (AvgIpc) is 2.65.